The Morgan fingerprint density at radius 2 is 1.73 bits per heavy atom. The van der Waals surface area contributed by atoms with Crippen molar-refractivity contribution in [3.8, 4) is 6.07 Å². The highest BCUT2D eigenvalue weighted by Gasteiger charge is 2.39. The van der Waals surface area contributed by atoms with Crippen molar-refractivity contribution >= 4 is 23.6 Å². The first-order valence-corrected chi connectivity index (χ1v) is 9.32. The first kappa shape index (κ1) is 23.2. The summed E-state index contributed by atoms with van der Waals surface area (Å²) in [5, 5.41) is 8.92. The van der Waals surface area contributed by atoms with E-state index in [2.05, 4.69) is 10.6 Å². The molecule has 0 bridgehead atoms. The fourth-order valence-electron chi connectivity index (χ4n) is 2.28. The van der Waals surface area contributed by atoms with Gasteiger partial charge in [-0.05, 0) is 24.3 Å². The summed E-state index contributed by atoms with van der Waals surface area (Å²) in [6, 6.07) is 8.46. The van der Waals surface area contributed by atoms with Gasteiger partial charge in [0.1, 0.15) is 12.6 Å². The van der Waals surface area contributed by atoms with Crippen molar-refractivity contribution < 1.29 is 31.5 Å². The molecular formula is C19H14F5N3O2S. The predicted octanol–water partition coefficient (Wildman–Crippen LogP) is 3.32. The van der Waals surface area contributed by atoms with Crippen molar-refractivity contribution in [3.63, 3.8) is 0 Å². The quantitative estimate of drug-likeness (QED) is 0.373. The topological polar surface area (TPSA) is 82.0 Å². The highest BCUT2D eigenvalue weighted by molar-refractivity contribution is 7.99. The molecule has 0 radical (unpaired) electrons. The van der Waals surface area contributed by atoms with E-state index in [1.807, 2.05) is 0 Å². The van der Waals surface area contributed by atoms with Gasteiger partial charge in [0.05, 0.1) is 11.6 Å². The second-order valence-electron chi connectivity index (χ2n) is 5.82. The Kier molecular flexibility index (Phi) is 7.77. The normalized spacial score (nSPS) is 12.0. The molecule has 2 N–H and O–H groups in total. The molecule has 0 aromatic heterocycles. The number of halogens is 5. The number of thioether (sulfide) groups is 1. The van der Waals surface area contributed by atoms with E-state index in [-0.39, 0.29) is 17.3 Å². The fraction of sp³-hybridized carbons (Fsp3) is 0.211. The van der Waals surface area contributed by atoms with Crippen LogP contribution < -0.4 is 10.6 Å². The highest BCUT2D eigenvalue weighted by atomic mass is 32.2. The van der Waals surface area contributed by atoms with E-state index in [0.29, 0.717) is 12.1 Å². The van der Waals surface area contributed by atoms with Crippen LogP contribution in [0.1, 0.15) is 15.9 Å². The zero-order chi connectivity index (χ0) is 22.3. The smallest absolute Gasteiger partial charge is 0.322 e. The van der Waals surface area contributed by atoms with E-state index in [4.69, 9.17) is 5.26 Å². The third-order valence-electron chi connectivity index (χ3n) is 3.78. The lowest BCUT2D eigenvalue weighted by Gasteiger charge is -2.22. The van der Waals surface area contributed by atoms with Crippen molar-refractivity contribution in [1.82, 2.24) is 10.6 Å². The molecule has 0 saturated heterocycles. The number of nitrogens with one attached hydrogen (secondary N) is 2. The Hall–Kier alpha value is -3.13. The van der Waals surface area contributed by atoms with Crippen molar-refractivity contribution in [1.29, 1.82) is 5.26 Å². The molecule has 2 amide bonds. The van der Waals surface area contributed by atoms with Crippen LogP contribution in [0.2, 0.25) is 0 Å². The Morgan fingerprint density at radius 3 is 2.37 bits per heavy atom. The van der Waals surface area contributed by atoms with Crippen LogP contribution in [0.3, 0.4) is 0 Å². The molecular weight excluding hydrogens is 429 g/mol. The SMILES string of the molecule is N#CCNC(=O)[C@H](CSC(F)(F)c1ccc(F)c(F)c1F)NC(=O)c1ccccc1. The summed E-state index contributed by atoms with van der Waals surface area (Å²) in [7, 11) is 0. The predicted molar refractivity (Wildman–Crippen MR) is 99.0 cm³/mol. The van der Waals surface area contributed by atoms with Crippen LogP contribution in [0, 0.1) is 28.8 Å². The van der Waals surface area contributed by atoms with Crippen LogP contribution in [-0.2, 0) is 10.0 Å². The monoisotopic (exact) mass is 443 g/mol. The molecule has 0 saturated carbocycles. The van der Waals surface area contributed by atoms with Gasteiger partial charge in [-0.25, -0.2) is 13.2 Å². The zero-order valence-corrected chi connectivity index (χ0v) is 15.9. The zero-order valence-electron chi connectivity index (χ0n) is 15.1. The van der Waals surface area contributed by atoms with E-state index >= 15 is 0 Å². The summed E-state index contributed by atoms with van der Waals surface area (Å²) in [5.74, 6) is -8.13. The van der Waals surface area contributed by atoms with Crippen LogP contribution in [-0.4, -0.2) is 30.2 Å². The summed E-state index contributed by atoms with van der Waals surface area (Å²) in [6.07, 6.45) is 0. The largest absolute Gasteiger partial charge is 0.341 e. The molecule has 0 fully saturated rings. The van der Waals surface area contributed by atoms with Gasteiger partial charge in [0.2, 0.25) is 5.91 Å². The minimum Gasteiger partial charge on any atom is -0.341 e. The fourth-order valence-corrected chi connectivity index (χ4v) is 3.20. The lowest BCUT2D eigenvalue weighted by atomic mass is 10.2. The molecule has 0 aliphatic carbocycles. The van der Waals surface area contributed by atoms with Gasteiger partial charge in [0.25, 0.3) is 5.91 Å². The van der Waals surface area contributed by atoms with Crippen LogP contribution in [0.15, 0.2) is 42.5 Å². The number of alkyl halides is 2. The second kappa shape index (κ2) is 10.1. The maximum atomic E-state index is 14.4. The summed E-state index contributed by atoms with van der Waals surface area (Å²) >= 11 is -0.253. The molecule has 0 aliphatic rings. The minimum atomic E-state index is -4.04. The Balaban J connectivity index is 2.19. The first-order chi connectivity index (χ1) is 14.2. The second-order valence-corrected chi connectivity index (χ2v) is 6.95. The molecule has 2 aromatic carbocycles. The Morgan fingerprint density at radius 1 is 1.07 bits per heavy atom. The van der Waals surface area contributed by atoms with Gasteiger partial charge in [0, 0.05) is 11.3 Å². The molecule has 2 aromatic rings. The number of benzene rings is 2. The van der Waals surface area contributed by atoms with Gasteiger partial charge in [0.15, 0.2) is 17.5 Å². The number of amides is 2. The first-order valence-electron chi connectivity index (χ1n) is 8.33. The van der Waals surface area contributed by atoms with E-state index in [1.165, 1.54) is 12.1 Å². The van der Waals surface area contributed by atoms with Crippen LogP contribution in [0.5, 0.6) is 0 Å². The van der Waals surface area contributed by atoms with Gasteiger partial charge in [-0.1, -0.05) is 30.0 Å². The minimum absolute atomic E-state index is 0.152. The summed E-state index contributed by atoms with van der Waals surface area (Å²) in [6.45, 7) is -0.435. The molecule has 0 heterocycles. The lowest BCUT2D eigenvalue weighted by molar-refractivity contribution is -0.122. The number of rotatable bonds is 8. The Bertz CT molecular complexity index is 967. The van der Waals surface area contributed by atoms with Crippen molar-refractivity contribution in [2.24, 2.45) is 0 Å². The summed E-state index contributed by atoms with van der Waals surface area (Å²) < 4.78 is 68.8. The van der Waals surface area contributed by atoms with Crippen LogP contribution in [0.25, 0.3) is 0 Å². The van der Waals surface area contributed by atoms with Crippen molar-refractivity contribution in [2.75, 3.05) is 12.3 Å². The van der Waals surface area contributed by atoms with E-state index < -0.39 is 58.4 Å². The molecule has 158 valence electrons. The van der Waals surface area contributed by atoms with Gasteiger partial charge >= 0.3 is 5.25 Å². The van der Waals surface area contributed by atoms with Crippen LogP contribution >= 0.6 is 11.8 Å². The maximum Gasteiger partial charge on any atom is 0.322 e. The standard InChI is InChI=1S/C19H14F5N3O2S/c20-13-7-6-12(15(21)16(13)22)19(23,24)30-10-14(18(29)26-9-8-25)27-17(28)11-4-2-1-3-5-11/h1-7,14H,9-10H2,(H,26,29)(H,27,28)/t14-/m0/s1. The number of hydrogen-bond acceptors (Lipinski definition) is 4. The number of nitriles is 1. The van der Waals surface area contributed by atoms with Gasteiger partial charge in [-0.15, -0.1) is 0 Å². The molecule has 2 rings (SSSR count). The average molecular weight is 443 g/mol. The summed E-state index contributed by atoms with van der Waals surface area (Å²) in [5.41, 5.74) is -1.25. The van der Waals surface area contributed by atoms with Crippen molar-refractivity contribution in [3.05, 3.63) is 71.0 Å². The average Bonchev–Trinajstić information content (AvgIpc) is 2.73. The number of hydrogen-bond donors (Lipinski definition) is 2. The van der Waals surface area contributed by atoms with E-state index in [0.717, 1.165) is 0 Å². The van der Waals surface area contributed by atoms with Gasteiger partial charge in [-0.3, -0.25) is 9.59 Å². The lowest BCUT2D eigenvalue weighted by Crippen LogP contribution is -2.48. The van der Waals surface area contributed by atoms with E-state index in [1.54, 1.807) is 24.3 Å². The molecule has 0 unspecified atom stereocenters. The molecule has 11 heteroatoms. The van der Waals surface area contributed by atoms with Crippen LogP contribution in [0.4, 0.5) is 22.0 Å². The third-order valence-corrected chi connectivity index (χ3v) is 4.86. The number of carbonyl (C=O) groups excluding carboxylic acids is 2. The molecule has 0 spiro atoms. The maximum absolute atomic E-state index is 14.4. The Labute approximate surface area is 172 Å². The van der Waals surface area contributed by atoms with E-state index in [9.17, 15) is 31.5 Å². The third kappa shape index (κ3) is 5.70. The van der Waals surface area contributed by atoms with Gasteiger partial charge < -0.3 is 10.6 Å². The molecule has 0 aliphatic heterocycles. The van der Waals surface area contributed by atoms with Gasteiger partial charge in [-0.2, -0.15) is 14.0 Å². The molecule has 1 atom stereocenters. The highest BCUT2D eigenvalue weighted by Crippen LogP contribution is 2.42. The molecule has 30 heavy (non-hydrogen) atoms. The number of nitrogens with zero attached hydrogens (tertiary/aromatic N) is 1. The van der Waals surface area contributed by atoms with Crippen molar-refractivity contribution in [2.45, 2.75) is 11.3 Å². The number of carbonyl (C=O) groups is 2. The molecule has 5 nitrogen and oxygen atoms in total. The summed E-state index contributed by atoms with van der Waals surface area (Å²) in [4.78, 5) is 24.4.